The highest BCUT2D eigenvalue weighted by molar-refractivity contribution is 5.79. The molecule has 0 bridgehead atoms. The molecular weight excluding hydrogens is 352 g/mol. The minimum atomic E-state index is -0.0983. The molecule has 4 rings (SSSR count). The van der Waals surface area contributed by atoms with Crippen LogP contribution < -0.4 is 5.56 Å². The monoisotopic (exact) mass is 380 g/mol. The van der Waals surface area contributed by atoms with E-state index in [2.05, 4.69) is 34.3 Å². The number of carbonyl (C=O) groups excluding carboxylic acids is 1. The molecule has 28 heavy (non-hydrogen) atoms. The molecule has 1 fully saturated rings. The molecule has 1 aliphatic carbocycles. The molecule has 0 N–H and O–H groups in total. The van der Waals surface area contributed by atoms with Crippen molar-refractivity contribution in [2.24, 2.45) is 13.0 Å². The van der Waals surface area contributed by atoms with Gasteiger partial charge in [-0.05, 0) is 36.8 Å². The van der Waals surface area contributed by atoms with Gasteiger partial charge in [0.2, 0.25) is 5.91 Å². The quantitative estimate of drug-likeness (QED) is 0.802. The van der Waals surface area contributed by atoms with Crippen molar-refractivity contribution in [3.8, 4) is 0 Å². The molecule has 2 heterocycles. The summed E-state index contributed by atoms with van der Waals surface area (Å²) in [7, 11) is 1.68. The third-order valence-electron chi connectivity index (χ3n) is 6.05. The Morgan fingerprint density at radius 3 is 2.64 bits per heavy atom. The van der Waals surface area contributed by atoms with Crippen molar-refractivity contribution in [2.75, 3.05) is 32.7 Å². The van der Waals surface area contributed by atoms with Crippen molar-refractivity contribution in [1.82, 2.24) is 19.6 Å². The lowest BCUT2D eigenvalue weighted by Crippen LogP contribution is -2.51. The molecule has 1 aromatic heterocycles. The van der Waals surface area contributed by atoms with E-state index in [1.807, 2.05) is 11.0 Å². The van der Waals surface area contributed by atoms with Gasteiger partial charge in [-0.3, -0.25) is 14.5 Å². The molecule has 1 saturated heterocycles. The number of benzene rings is 1. The first-order chi connectivity index (χ1) is 13.6. The average molecular weight is 380 g/mol. The van der Waals surface area contributed by atoms with Crippen LogP contribution in [0.15, 0.2) is 41.2 Å². The minimum Gasteiger partial charge on any atom is -0.340 e. The lowest BCUT2D eigenvalue weighted by molar-refractivity contribution is -0.137. The van der Waals surface area contributed by atoms with Crippen LogP contribution in [0, 0.1) is 5.92 Å². The Bertz CT molecular complexity index is 885. The number of carbonyl (C=O) groups is 1. The van der Waals surface area contributed by atoms with Crippen molar-refractivity contribution < 1.29 is 4.79 Å². The zero-order chi connectivity index (χ0) is 19.5. The van der Waals surface area contributed by atoms with Gasteiger partial charge in [0.15, 0.2) is 0 Å². The predicted molar refractivity (Wildman–Crippen MR) is 108 cm³/mol. The highest BCUT2D eigenvalue weighted by Crippen LogP contribution is 2.25. The SMILES string of the molecule is Cn1nc2c(cc1=O)CC(C(=O)N1CCN(CCc3ccccc3)CC1)CC2. The standard InChI is InChI=1S/C22H28N4O2/c1-24-21(27)16-19-15-18(7-8-20(19)23-24)22(28)26-13-11-25(12-14-26)10-9-17-5-3-2-4-6-17/h2-6,16,18H,7-15H2,1H3. The molecule has 2 aliphatic rings. The third-order valence-corrected chi connectivity index (χ3v) is 6.05. The van der Waals surface area contributed by atoms with Gasteiger partial charge < -0.3 is 4.90 Å². The van der Waals surface area contributed by atoms with E-state index in [0.29, 0.717) is 6.42 Å². The van der Waals surface area contributed by atoms with Crippen molar-refractivity contribution >= 4 is 5.91 Å². The highest BCUT2D eigenvalue weighted by atomic mass is 16.2. The van der Waals surface area contributed by atoms with E-state index in [-0.39, 0.29) is 17.4 Å². The first kappa shape index (κ1) is 18.9. The van der Waals surface area contributed by atoms with Gasteiger partial charge >= 0.3 is 0 Å². The number of amides is 1. The van der Waals surface area contributed by atoms with Crippen LogP contribution in [0.4, 0.5) is 0 Å². The summed E-state index contributed by atoms with van der Waals surface area (Å²) in [5.41, 5.74) is 3.19. The second kappa shape index (κ2) is 8.27. The lowest BCUT2D eigenvalue weighted by atomic mass is 9.86. The molecule has 0 saturated carbocycles. The molecule has 148 valence electrons. The summed E-state index contributed by atoms with van der Waals surface area (Å²) < 4.78 is 1.38. The van der Waals surface area contributed by atoms with Gasteiger partial charge in [-0.15, -0.1) is 0 Å². The van der Waals surface area contributed by atoms with Crippen LogP contribution in [0.2, 0.25) is 0 Å². The Balaban J connectivity index is 1.29. The number of rotatable bonds is 4. The average Bonchev–Trinajstić information content (AvgIpc) is 2.73. The van der Waals surface area contributed by atoms with Crippen LogP contribution in [-0.4, -0.2) is 58.2 Å². The summed E-state index contributed by atoms with van der Waals surface area (Å²) >= 11 is 0. The number of piperazine rings is 1. The van der Waals surface area contributed by atoms with E-state index >= 15 is 0 Å². The predicted octanol–water partition coefficient (Wildman–Crippen LogP) is 1.27. The van der Waals surface area contributed by atoms with Gasteiger partial charge in [0.25, 0.3) is 5.56 Å². The highest BCUT2D eigenvalue weighted by Gasteiger charge is 2.31. The van der Waals surface area contributed by atoms with Crippen molar-refractivity contribution in [2.45, 2.75) is 25.7 Å². The molecule has 2 aromatic rings. The van der Waals surface area contributed by atoms with E-state index in [1.54, 1.807) is 13.1 Å². The summed E-state index contributed by atoms with van der Waals surface area (Å²) in [6, 6.07) is 12.2. The smallest absolute Gasteiger partial charge is 0.266 e. The Kier molecular flexibility index (Phi) is 5.57. The Morgan fingerprint density at radius 2 is 1.89 bits per heavy atom. The van der Waals surface area contributed by atoms with E-state index in [1.165, 1.54) is 10.2 Å². The maximum Gasteiger partial charge on any atom is 0.266 e. The summed E-state index contributed by atoms with van der Waals surface area (Å²) in [6.45, 7) is 4.50. The van der Waals surface area contributed by atoms with E-state index in [0.717, 1.165) is 63.2 Å². The number of nitrogens with zero attached hydrogens (tertiary/aromatic N) is 4. The van der Waals surface area contributed by atoms with Gasteiger partial charge in [-0.1, -0.05) is 30.3 Å². The summed E-state index contributed by atoms with van der Waals surface area (Å²) in [6.07, 6.45) is 3.30. The fraction of sp³-hybridized carbons (Fsp3) is 0.500. The third kappa shape index (κ3) is 4.17. The Labute approximate surface area is 165 Å². The minimum absolute atomic E-state index is 0.0164. The molecule has 1 amide bonds. The maximum atomic E-state index is 13.0. The topological polar surface area (TPSA) is 58.4 Å². The molecule has 1 unspecified atom stereocenters. The molecule has 1 aromatic carbocycles. The van der Waals surface area contributed by atoms with E-state index < -0.39 is 0 Å². The van der Waals surface area contributed by atoms with Gasteiger partial charge in [-0.25, -0.2) is 4.68 Å². The van der Waals surface area contributed by atoms with Crippen LogP contribution in [0.25, 0.3) is 0 Å². The fourth-order valence-corrected chi connectivity index (χ4v) is 4.28. The molecule has 1 aliphatic heterocycles. The lowest BCUT2D eigenvalue weighted by Gasteiger charge is -2.37. The number of aromatic nitrogens is 2. The first-order valence-corrected chi connectivity index (χ1v) is 10.2. The summed E-state index contributed by atoms with van der Waals surface area (Å²) in [5, 5.41) is 4.35. The van der Waals surface area contributed by atoms with Crippen LogP contribution in [0.1, 0.15) is 23.2 Å². The van der Waals surface area contributed by atoms with Gasteiger partial charge in [-0.2, -0.15) is 5.10 Å². The molecule has 0 radical (unpaired) electrons. The van der Waals surface area contributed by atoms with Crippen molar-refractivity contribution in [1.29, 1.82) is 0 Å². The number of hydrogen-bond donors (Lipinski definition) is 0. The number of fused-ring (bicyclic) bond motifs is 1. The fourth-order valence-electron chi connectivity index (χ4n) is 4.28. The van der Waals surface area contributed by atoms with Gasteiger partial charge in [0, 0.05) is 51.8 Å². The number of hydrogen-bond acceptors (Lipinski definition) is 4. The summed E-state index contributed by atoms with van der Waals surface area (Å²) in [5.74, 6) is 0.228. The maximum absolute atomic E-state index is 13.0. The second-order valence-electron chi connectivity index (χ2n) is 7.92. The van der Waals surface area contributed by atoms with Gasteiger partial charge in [0.1, 0.15) is 0 Å². The normalized spacial score (nSPS) is 20.0. The van der Waals surface area contributed by atoms with E-state index in [9.17, 15) is 9.59 Å². The first-order valence-electron chi connectivity index (χ1n) is 10.2. The Hall–Kier alpha value is -2.47. The zero-order valence-electron chi connectivity index (χ0n) is 16.5. The zero-order valence-corrected chi connectivity index (χ0v) is 16.5. The van der Waals surface area contributed by atoms with Crippen molar-refractivity contribution in [3.63, 3.8) is 0 Å². The summed E-state index contributed by atoms with van der Waals surface area (Å²) in [4.78, 5) is 29.3. The van der Waals surface area contributed by atoms with Crippen LogP contribution >= 0.6 is 0 Å². The molecular formula is C22H28N4O2. The van der Waals surface area contributed by atoms with Gasteiger partial charge in [0.05, 0.1) is 5.69 Å². The van der Waals surface area contributed by atoms with Crippen molar-refractivity contribution in [3.05, 3.63) is 63.6 Å². The molecule has 1 atom stereocenters. The van der Waals surface area contributed by atoms with E-state index in [4.69, 9.17) is 0 Å². The van der Waals surface area contributed by atoms with Crippen LogP contribution in [0.5, 0.6) is 0 Å². The largest absolute Gasteiger partial charge is 0.340 e. The van der Waals surface area contributed by atoms with Crippen LogP contribution in [-0.2, 0) is 31.1 Å². The second-order valence-corrected chi connectivity index (χ2v) is 7.92. The molecule has 6 heteroatoms. The van der Waals surface area contributed by atoms with Crippen LogP contribution in [0.3, 0.4) is 0 Å². The Morgan fingerprint density at radius 1 is 1.14 bits per heavy atom. The molecule has 6 nitrogen and oxygen atoms in total. The molecule has 0 spiro atoms. The number of aryl methyl sites for hydroxylation is 2.